The maximum absolute atomic E-state index is 5.68. The molecule has 0 saturated heterocycles. The van der Waals surface area contributed by atoms with Crippen LogP contribution in [-0.4, -0.2) is 13.7 Å². The Morgan fingerprint density at radius 1 is 1.05 bits per heavy atom. The van der Waals surface area contributed by atoms with Gasteiger partial charge in [0, 0.05) is 6.07 Å². The summed E-state index contributed by atoms with van der Waals surface area (Å²) in [5, 5.41) is 3.04. The molecule has 0 aliphatic heterocycles. The van der Waals surface area contributed by atoms with Crippen LogP contribution in [0.15, 0.2) is 40.8 Å². The zero-order valence-electron chi connectivity index (χ0n) is 11.3. The molecule has 0 bridgehead atoms. The van der Waals surface area contributed by atoms with Crippen LogP contribution in [0.2, 0.25) is 0 Å². The van der Waals surface area contributed by atoms with E-state index in [1.807, 2.05) is 50.4 Å². The zero-order chi connectivity index (χ0) is 13.5. The van der Waals surface area contributed by atoms with Crippen molar-refractivity contribution in [3.63, 3.8) is 0 Å². The predicted octanol–water partition coefficient (Wildman–Crippen LogP) is 2.98. The maximum Gasteiger partial charge on any atom is 0.146 e. The predicted molar refractivity (Wildman–Crippen MR) is 73.4 cm³/mol. The second kappa shape index (κ2) is 6.85. The van der Waals surface area contributed by atoms with Gasteiger partial charge in [0.1, 0.15) is 29.6 Å². The van der Waals surface area contributed by atoms with Crippen LogP contribution in [0.4, 0.5) is 0 Å². The summed E-state index contributed by atoms with van der Waals surface area (Å²) in [4.78, 5) is 0. The summed E-state index contributed by atoms with van der Waals surface area (Å²) in [5.41, 5.74) is 0. The van der Waals surface area contributed by atoms with Gasteiger partial charge in [-0.2, -0.15) is 0 Å². The highest BCUT2D eigenvalue weighted by atomic mass is 16.5. The van der Waals surface area contributed by atoms with E-state index in [-0.39, 0.29) is 0 Å². The van der Waals surface area contributed by atoms with Crippen molar-refractivity contribution in [3.05, 3.63) is 47.9 Å². The van der Waals surface area contributed by atoms with Crippen molar-refractivity contribution in [1.29, 1.82) is 0 Å². The molecule has 0 amide bonds. The van der Waals surface area contributed by atoms with Crippen LogP contribution in [0.25, 0.3) is 0 Å². The molecule has 4 heteroatoms. The average molecular weight is 261 g/mol. The lowest BCUT2D eigenvalue weighted by atomic mass is 10.3. The quantitative estimate of drug-likeness (QED) is 0.832. The Balaban J connectivity index is 1.91. The minimum absolute atomic E-state index is 0.416. The van der Waals surface area contributed by atoms with Gasteiger partial charge in [-0.15, -0.1) is 0 Å². The molecule has 2 rings (SSSR count). The topological polar surface area (TPSA) is 43.6 Å². The summed E-state index contributed by atoms with van der Waals surface area (Å²) in [7, 11) is 1.89. The fourth-order valence-corrected chi connectivity index (χ4v) is 1.74. The van der Waals surface area contributed by atoms with Crippen LogP contribution in [-0.2, 0) is 13.2 Å². The summed E-state index contributed by atoms with van der Waals surface area (Å²) in [6.45, 7) is 3.74. The van der Waals surface area contributed by atoms with Crippen LogP contribution in [0.1, 0.15) is 18.4 Å². The Morgan fingerprint density at radius 2 is 1.79 bits per heavy atom. The molecular weight excluding hydrogens is 242 g/mol. The van der Waals surface area contributed by atoms with Crippen LogP contribution in [0.3, 0.4) is 0 Å². The van der Waals surface area contributed by atoms with Gasteiger partial charge in [-0.3, -0.25) is 0 Å². The second-order valence-electron chi connectivity index (χ2n) is 4.09. The number of rotatable bonds is 7. The van der Waals surface area contributed by atoms with E-state index in [1.165, 1.54) is 0 Å². The molecule has 0 unspecified atom stereocenters. The zero-order valence-corrected chi connectivity index (χ0v) is 11.3. The lowest BCUT2D eigenvalue weighted by Crippen LogP contribution is -2.03. The van der Waals surface area contributed by atoms with Crippen LogP contribution in [0.5, 0.6) is 11.5 Å². The lowest BCUT2D eigenvalue weighted by molar-refractivity contribution is 0.263. The van der Waals surface area contributed by atoms with Gasteiger partial charge in [-0.1, -0.05) is 6.07 Å². The van der Waals surface area contributed by atoms with Gasteiger partial charge in [-0.05, 0) is 38.2 Å². The van der Waals surface area contributed by atoms with Gasteiger partial charge in [0.05, 0.1) is 13.2 Å². The van der Waals surface area contributed by atoms with E-state index >= 15 is 0 Å². The van der Waals surface area contributed by atoms with Gasteiger partial charge < -0.3 is 19.2 Å². The van der Waals surface area contributed by atoms with E-state index in [0.29, 0.717) is 13.2 Å². The Hall–Kier alpha value is -1.94. The summed E-state index contributed by atoms with van der Waals surface area (Å²) < 4.78 is 16.7. The van der Waals surface area contributed by atoms with Crippen LogP contribution >= 0.6 is 0 Å². The Labute approximate surface area is 113 Å². The van der Waals surface area contributed by atoms with Crippen LogP contribution in [0, 0.1) is 0 Å². The highest BCUT2D eigenvalue weighted by Gasteiger charge is 2.03. The van der Waals surface area contributed by atoms with Gasteiger partial charge in [0.2, 0.25) is 0 Å². The number of nitrogens with one attached hydrogen (secondary N) is 1. The molecule has 1 N–H and O–H groups in total. The van der Waals surface area contributed by atoms with E-state index in [2.05, 4.69) is 5.32 Å². The van der Waals surface area contributed by atoms with E-state index in [4.69, 9.17) is 13.9 Å². The smallest absolute Gasteiger partial charge is 0.146 e. The Bertz CT molecular complexity index is 508. The van der Waals surface area contributed by atoms with E-state index in [0.717, 1.165) is 29.6 Å². The van der Waals surface area contributed by atoms with Gasteiger partial charge in [0.15, 0.2) is 0 Å². The molecule has 1 aromatic heterocycles. The summed E-state index contributed by atoms with van der Waals surface area (Å²) in [6.07, 6.45) is 0. The molecule has 102 valence electrons. The monoisotopic (exact) mass is 261 g/mol. The van der Waals surface area contributed by atoms with Gasteiger partial charge in [0.25, 0.3) is 0 Å². The van der Waals surface area contributed by atoms with Crippen molar-refractivity contribution in [3.8, 4) is 11.5 Å². The highest BCUT2D eigenvalue weighted by Crippen LogP contribution is 2.20. The number of benzene rings is 1. The summed E-state index contributed by atoms with van der Waals surface area (Å²) in [6, 6.07) is 11.5. The SMILES string of the molecule is CCOc1cccc(OCc2ccc(CNC)o2)c1. The molecule has 0 fully saturated rings. The molecule has 1 heterocycles. The second-order valence-corrected chi connectivity index (χ2v) is 4.09. The summed E-state index contributed by atoms with van der Waals surface area (Å²) >= 11 is 0. The molecule has 0 radical (unpaired) electrons. The average Bonchev–Trinajstić information content (AvgIpc) is 2.86. The third-order valence-corrected chi connectivity index (χ3v) is 2.57. The Morgan fingerprint density at radius 3 is 2.53 bits per heavy atom. The van der Waals surface area contributed by atoms with Crippen molar-refractivity contribution in [1.82, 2.24) is 5.32 Å². The van der Waals surface area contributed by atoms with Gasteiger partial charge in [-0.25, -0.2) is 0 Å². The van der Waals surface area contributed by atoms with Crippen molar-refractivity contribution in [2.24, 2.45) is 0 Å². The standard InChI is InChI=1S/C15H19NO3/c1-3-17-12-5-4-6-13(9-12)18-11-15-8-7-14(19-15)10-16-2/h4-9,16H,3,10-11H2,1-2H3. The number of hydrogen-bond acceptors (Lipinski definition) is 4. The van der Waals surface area contributed by atoms with E-state index in [9.17, 15) is 0 Å². The van der Waals surface area contributed by atoms with Gasteiger partial charge >= 0.3 is 0 Å². The molecule has 0 spiro atoms. The third-order valence-electron chi connectivity index (χ3n) is 2.57. The molecule has 0 aliphatic carbocycles. The Kier molecular flexibility index (Phi) is 4.86. The molecule has 4 nitrogen and oxygen atoms in total. The molecule has 2 aromatic rings. The molecule has 19 heavy (non-hydrogen) atoms. The molecule has 0 aliphatic rings. The first-order chi connectivity index (χ1) is 9.31. The first-order valence-electron chi connectivity index (χ1n) is 6.39. The number of furan rings is 1. The molecule has 1 aromatic carbocycles. The fraction of sp³-hybridized carbons (Fsp3) is 0.333. The first kappa shape index (κ1) is 13.5. The maximum atomic E-state index is 5.68. The normalized spacial score (nSPS) is 10.4. The van der Waals surface area contributed by atoms with E-state index in [1.54, 1.807) is 0 Å². The number of hydrogen-bond donors (Lipinski definition) is 1. The van der Waals surface area contributed by atoms with Crippen molar-refractivity contribution in [2.45, 2.75) is 20.1 Å². The summed E-state index contributed by atoms with van der Waals surface area (Å²) in [5.74, 6) is 3.31. The molecule has 0 atom stereocenters. The minimum atomic E-state index is 0.416. The van der Waals surface area contributed by atoms with Crippen molar-refractivity contribution < 1.29 is 13.9 Å². The third kappa shape index (κ3) is 4.03. The molecular formula is C15H19NO3. The van der Waals surface area contributed by atoms with E-state index < -0.39 is 0 Å². The lowest BCUT2D eigenvalue weighted by Gasteiger charge is -2.07. The fourth-order valence-electron chi connectivity index (χ4n) is 1.74. The highest BCUT2D eigenvalue weighted by molar-refractivity contribution is 5.33. The van der Waals surface area contributed by atoms with Crippen LogP contribution < -0.4 is 14.8 Å². The first-order valence-corrected chi connectivity index (χ1v) is 6.39. The number of ether oxygens (including phenoxy) is 2. The molecule has 0 saturated carbocycles. The largest absolute Gasteiger partial charge is 0.494 e. The minimum Gasteiger partial charge on any atom is -0.494 e. The van der Waals surface area contributed by atoms with Crippen molar-refractivity contribution >= 4 is 0 Å². The van der Waals surface area contributed by atoms with Crippen molar-refractivity contribution in [2.75, 3.05) is 13.7 Å².